The number of carbonyl (C=O) groups is 3. The lowest BCUT2D eigenvalue weighted by molar-refractivity contribution is 0.0467. The number of hydrogen-bond donors (Lipinski definition) is 1. The molecule has 1 N–H and O–H groups in total. The van der Waals surface area contributed by atoms with Crippen molar-refractivity contribution in [1.82, 2.24) is 14.1 Å². The monoisotopic (exact) mass is 593 g/mol. The van der Waals surface area contributed by atoms with E-state index in [0.717, 1.165) is 0 Å². The zero-order valence-electron chi connectivity index (χ0n) is 20.6. The van der Waals surface area contributed by atoms with Crippen LogP contribution in [0.3, 0.4) is 0 Å². The quantitative estimate of drug-likeness (QED) is 0.357. The van der Waals surface area contributed by atoms with E-state index in [1.165, 1.54) is 10.9 Å². The van der Waals surface area contributed by atoms with Gasteiger partial charge in [0.2, 0.25) is 5.43 Å². The number of rotatable bonds is 9. The van der Waals surface area contributed by atoms with E-state index < -0.39 is 28.9 Å². The van der Waals surface area contributed by atoms with Crippen LogP contribution in [0.25, 0.3) is 11.3 Å². The number of aryl methyl sites for hydroxylation is 1. The van der Waals surface area contributed by atoms with Gasteiger partial charge in [-0.05, 0) is 66.9 Å². The van der Waals surface area contributed by atoms with Gasteiger partial charge in [0.05, 0.1) is 41.9 Å². The highest BCUT2D eigenvalue weighted by Gasteiger charge is 2.29. The molecule has 3 rings (SSSR count). The molecule has 0 saturated heterocycles. The van der Waals surface area contributed by atoms with Crippen molar-refractivity contribution in [2.45, 2.75) is 40.8 Å². The van der Waals surface area contributed by atoms with E-state index in [1.54, 1.807) is 50.5 Å². The highest BCUT2D eigenvalue weighted by molar-refractivity contribution is 9.10. The molecule has 3 aromatic rings. The highest BCUT2D eigenvalue weighted by Crippen LogP contribution is 2.31. The summed E-state index contributed by atoms with van der Waals surface area (Å²) in [7, 11) is 0. The van der Waals surface area contributed by atoms with Crippen LogP contribution in [0.15, 0.2) is 33.8 Å². The zero-order chi connectivity index (χ0) is 27.4. The topological polar surface area (TPSA) is 130 Å². The number of ether oxygens (including phenoxy) is 2. The van der Waals surface area contributed by atoms with Crippen LogP contribution in [0.4, 0.5) is 0 Å². The summed E-state index contributed by atoms with van der Waals surface area (Å²) in [6.07, 6.45) is 1.27. The van der Waals surface area contributed by atoms with E-state index in [2.05, 4.69) is 20.9 Å². The molecule has 0 aliphatic carbocycles. The summed E-state index contributed by atoms with van der Waals surface area (Å²) in [6.45, 7) is 7.12. The van der Waals surface area contributed by atoms with E-state index in [-0.39, 0.29) is 47.9 Å². The van der Waals surface area contributed by atoms with Crippen molar-refractivity contribution < 1.29 is 29.0 Å². The SMILES string of the molecule is CCOC(=O)c1ncn(Cc2c(Br)c(=O)c(C(=O)O)c(-c3ccc(Cl)c(C)c3)n2CC)c1C(=O)OCC. The van der Waals surface area contributed by atoms with E-state index in [1.807, 2.05) is 0 Å². The number of esters is 2. The molecule has 0 aliphatic heterocycles. The lowest BCUT2D eigenvalue weighted by atomic mass is 10.0. The maximum Gasteiger partial charge on any atom is 0.359 e. The molecular formula is C25H25BrClN3O7. The Hall–Kier alpha value is -3.44. The van der Waals surface area contributed by atoms with Crippen LogP contribution in [0.2, 0.25) is 5.02 Å². The minimum Gasteiger partial charge on any atom is -0.477 e. The van der Waals surface area contributed by atoms with Crippen LogP contribution in [0, 0.1) is 6.92 Å². The van der Waals surface area contributed by atoms with E-state index in [0.29, 0.717) is 21.8 Å². The summed E-state index contributed by atoms with van der Waals surface area (Å²) in [5.41, 5.74) is 0.204. The largest absolute Gasteiger partial charge is 0.477 e. The second-order valence-electron chi connectivity index (χ2n) is 7.84. The molecule has 37 heavy (non-hydrogen) atoms. The lowest BCUT2D eigenvalue weighted by Crippen LogP contribution is -2.27. The Morgan fingerprint density at radius 3 is 2.32 bits per heavy atom. The molecule has 0 unspecified atom stereocenters. The van der Waals surface area contributed by atoms with Crippen molar-refractivity contribution in [1.29, 1.82) is 0 Å². The van der Waals surface area contributed by atoms with Crippen LogP contribution in [0.5, 0.6) is 0 Å². The smallest absolute Gasteiger partial charge is 0.359 e. The van der Waals surface area contributed by atoms with Gasteiger partial charge in [0, 0.05) is 11.6 Å². The van der Waals surface area contributed by atoms with E-state index in [4.69, 9.17) is 21.1 Å². The Bertz CT molecular complexity index is 1450. The second-order valence-corrected chi connectivity index (χ2v) is 9.04. The number of halogens is 2. The molecule has 196 valence electrons. The Morgan fingerprint density at radius 1 is 1.11 bits per heavy atom. The van der Waals surface area contributed by atoms with Gasteiger partial charge in [0.1, 0.15) is 5.56 Å². The Kier molecular flexibility index (Phi) is 8.93. The summed E-state index contributed by atoms with van der Waals surface area (Å²) in [4.78, 5) is 54.8. The number of carboxylic acids is 1. The van der Waals surface area contributed by atoms with Crippen LogP contribution in [-0.2, 0) is 22.6 Å². The maximum atomic E-state index is 13.3. The standard InChI is InChI=1S/C25H25BrClN3O7/c1-5-30-16(11-29-12-28-19(24(34)36-6-2)21(29)25(35)37-7-3)18(26)22(31)17(23(32)33)20(30)14-8-9-15(27)13(4)10-14/h8-10,12H,5-7,11H2,1-4H3,(H,32,33). The average molecular weight is 595 g/mol. The van der Waals surface area contributed by atoms with Gasteiger partial charge >= 0.3 is 17.9 Å². The summed E-state index contributed by atoms with van der Waals surface area (Å²) in [6, 6.07) is 4.97. The predicted octanol–water partition coefficient (Wildman–Crippen LogP) is 4.56. The molecule has 0 bridgehead atoms. The number of nitrogens with zero attached hydrogens (tertiary/aromatic N) is 3. The number of aromatic carboxylic acids is 1. The van der Waals surface area contributed by atoms with Gasteiger partial charge in [-0.1, -0.05) is 17.7 Å². The number of imidazole rings is 1. The first-order valence-corrected chi connectivity index (χ1v) is 12.6. The molecule has 0 spiro atoms. The number of hydrogen-bond acceptors (Lipinski definition) is 7. The van der Waals surface area contributed by atoms with Gasteiger partial charge in [0.15, 0.2) is 11.4 Å². The van der Waals surface area contributed by atoms with Crippen molar-refractivity contribution in [2.24, 2.45) is 0 Å². The van der Waals surface area contributed by atoms with Crippen LogP contribution in [0.1, 0.15) is 63.4 Å². The fourth-order valence-electron chi connectivity index (χ4n) is 3.96. The number of carbonyl (C=O) groups excluding carboxylic acids is 2. The van der Waals surface area contributed by atoms with Crippen molar-refractivity contribution in [2.75, 3.05) is 13.2 Å². The molecule has 0 amide bonds. The molecule has 0 atom stereocenters. The Morgan fingerprint density at radius 2 is 1.76 bits per heavy atom. The zero-order valence-corrected chi connectivity index (χ0v) is 23.0. The van der Waals surface area contributed by atoms with Crippen LogP contribution in [-0.4, -0.2) is 50.3 Å². The molecule has 0 aliphatic rings. The van der Waals surface area contributed by atoms with Crippen LogP contribution < -0.4 is 5.43 Å². The Labute approximate surface area is 225 Å². The molecule has 10 nitrogen and oxygen atoms in total. The predicted molar refractivity (Wildman–Crippen MR) is 139 cm³/mol. The van der Waals surface area contributed by atoms with Crippen molar-refractivity contribution in [3.05, 3.63) is 72.5 Å². The summed E-state index contributed by atoms with van der Waals surface area (Å²) < 4.78 is 13.2. The fraction of sp³-hybridized carbons (Fsp3) is 0.320. The van der Waals surface area contributed by atoms with Gasteiger partial charge in [0.25, 0.3) is 0 Å². The number of carboxylic acid groups (broad SMARTS) is 1. The molecule has 0 fully saturated rings. The Balaban J connectivity index is 2.32. The maximum absolute atomic E-state index is 13.3. The third-order valence-electron chi connectivity index (χ3n) is 5.57. The normalized spacial score (nSPS) is 10.9. The third kappa shape index (κ3) is 5.47. The number of aromatic nitrogens is 3. The minimum absolute atomic E-state index is 0.00220. The first kappa shape index (κ1) is 28.1. The third-order valence-corrected chi connectivity index (χ3v) is 6.81. The first-order chi connectivity index (χ1) is 17.6. The second kappa shape index (κ2) is 11.7. The van der Waals surface area contributed by atoms with Crippen molar-refractivity contribution >= 4 is 45.4 Å². The summed E-state index contributed by atoms with van der Waals surface area (Å²) >= 11 is 9.45. The summed E-state index contributed by atoms with van der Waals surface area (Å²) in [5.74, 6) is -2.98. The van der Waals surface area contributed by atoms with Gasteiger partial charge in [-0.3, -0.25) is 4.79 Å². The summed E-state index contributed by atoms with van der Waals surface area (Å²) in [5, 5.41) is 10.5. The lowest BCUT2D eigenvalue weighted by Gasteiger charge is -2.22. The number of pyridine rings is 1. The van der Waals surface area contributed by atoms with Gasteiger partial charge in [-0.25, -0.2) is 19.4 Å². The van der Waals surface area contributed by atoms with Gasteiger partial charge in [-0.15, -0.1) is 0 Å². The molecule has 1 aromatic carbocycles. The molecule has 2 heterocycles. The number of benzene rings is 1. The van der Waals surface area contributed by atoms with Crippen molar-refractivity contribution in [3.63, 3.8) is 0 Å². The molecule has 12 heteroatoms. The molecular weight excluding hydrogens is 570 g/mol. The first-order valence-electron chi connectivity index (χ1n) is 11.4. The molecule has 0 saturated carbocycles. The molecule has 2 aromatic heterocycles. The van der Waals surface area contributed by atoms with E-state index in [9.17, 15) is 24.3 Å². The molecule has 0 radical (unpaired) electrons. The van der Waals surface area contributed by atoms with Crippen LogP contribution >= 0.6 is 27.5 Å². The van der Waals surface area contributed by atoms with Gasteiger partial charge < -0.3 is 23.7 Å². The van der Waals surface area contributed by atoms with Crippen molar-refractivity contribution in [3.8, 4) is 11.3 Å². The average Bonchev–Trinajstić information content (AvgIpc) is 3.27. The minimum atomic E-state index is -1.39. The highest BCUT2D eigenvalue weighted by atomic mass is 79.9. The fourth-order valence-corrected chi connectivity index (χ4v) is 4.61. The van der Waals surface area contributed by atoms with Gasteiger partial charge in [-0.2, -0.15) is 0 Å². The van der Waals surface area contributed by atoms with E-state index >= 15 is 0 Å².